The number of carbonyl (C=O) groups excluding carboxylic acids is 1. The Morgan fingerprint density at radius 3 is 2.64 bits per heavy atom. The minimum absolute atomic E-state index is 0.161. The maximum atomic E-state index is 15.5. The zero-order valence-corrected chi connectivity index (χ0v) is 18.8. The van der Waals surface area contributed by atoms with Gasteiger partial charge in [-0.15, -0.1) is 0 Å². The highest BCUT2D eigenvalue weighted by molar-refractivity contribution is 5.92. The van der Waals surface area contributed by atoms with Crippen LogP contribution in [0.1, 0.15) is 36.1 Å². The Bertz CT molecular complexity index is 1160. The lowest BCUT2D eigenvalue weighted by Gasteiger charge is -2.24. The third-order valence-corrected chi connectivity index (χ3v) is 6.06. The normalized spacial score (nSPS) is 19.0. The molecule has 0 N–H and O–H groups in total. The first-order valence-electron chi connectivity index (χ1n) is 11.0. The molecule has 0 radical (unpaired) electrons. The summed E-state index contributed by atoms with van der Waals surface area (Å²) >= 11 is 0. The van der Waals surface area contributed by atoms with Crippen LogP contribution in [0.3, 0.4) is 0 Å². The molecule has 1 aliphatic rings. The molecule has 3 aromatic rings. The minimum Gasteiger partial charge on any atom is -0.495 e. The average molecular weight is 452 g/mol. The molecule has 1 unspecified atom stereocenters. The summed E-state index contributed by atoms with van der Waals surface area (Å²) < 4.78 is 36.2. The van der Waals surface area contributed by atoms with Crippen molar-refractivity contribution in [2.45, 2.75) is 31.9 Å². The maximum absolute atomic E-state index is 15.5. The van der Waals surface area contributed by atoms with E-state index < -0.39 is 5.67 Å². The number of alkyl halides is 1. The van der Waals surface area contributed by atoms with Gasteiger partial charge in [-0.2, -0.15) is 0 Å². The highest BCUT2D eigenvalue weighted by Gasteiger charge is 2.35. The number of ether oxygens (including phenoxy) is 1. The predicted molar refractivity (Wildman–Crippen MR) is 124 cm³/mol. The van der Waals surface area contributed by atoms with Crippen molar-refractivity contribution in [2.24, 2.45) is 0 Å². The molecule has 5 nitrogen and oxygen atoms in total. The molecule has 1 saturated heterocycles. The SMILES string of the molecule is COc1cc(/C=C/C(=O)N2CCCC(F)(c3ccc(F)cc3)CC2)ccc1-n1cnc(C)c1. The summed E-state index contributed by atoms with van der Waals surface area (Å²) in [6, 6.07) is 11.2. The van der Waals surface area contributed by atoms with Crippen LogP contribution in [0.5, 0.6) is 5.75 Å². The summed E-state index contributed by atoms with van der Waals surface area (Å²) in [5, 5.41) is 0. The van der Waals surface area contributed by atoms with Gasteiger partial charge in [-0.05, 0) is 61.2 Å². The van der Waals surface area contributed by atoms with Gasteiger partial charge in [0, 0.05) is 31.8 Å². The van der Waals surface area contributed by atoms with Crippen LogP contribution in [-0.4, -0.2) is 40.6 Å². The minimum atomic E-state index is -1.55. The molecular weight excluding hydrogens is 424 g/mol. The van der Waals surface area contributed by atoms with Gasteiger partial charge in [0.1, 0.15) is 17.2 Å². The monoisotopic (exact) mass is 451 g/mol. The summed E-state index contributed by atoms with van der Waals surface area (Å²) in [5.41, 5.74) is 1.49. The fourth-order valence-corrected chi connectivity index (χ4v) is 4.19. The molecule has 4 rings (SSSR count). The van der Waals surface area contributed by atoms with E-state index >= 15 is 4.39 Å². The van der Waals surface area contributed by atoms with Crippen molar-refractivity contribution in [3.05, 3.63) is 83.7 Å². The van der Waals surface area contributed by atoms with Crippen molar-refractivity contribution in [3.63, 3.8) is 0 Å². The number of hydrogen-bond acceptors (Lipinski definition) is 3. The van der Waals surface area contributed by atoms with E-state index in [9.17, 15) is 9.18 Å². The molecule has 1 fully saturated rings. The van der Waals surface area contributed by atoms with Crippen molar-refractivity contribution < 1.29 is 18.3 Å². The smallest absolute Gasteiger partial charge is 0.246 e. The average Bonchev–Trinajstić information content (AvgIpc) is 3.15. The van der Waals surface area contributed by atoms with Crippen LogP contribution in [0.2, 0.25) is 0 Å². The molecule has 33 heavy (non-hydrogen) atoms. The van der Waals surface area contributed by atoms with E-state index in [0.29, 0.717) is 37.2 Å². The number of likely N-dealkylation sites (tertiary alicyclic amines) is 1. The van der Waals surface area contributed by atoms with Crippen molar-refractivity contribution in [3.8, 4) is 11.4 Å². The number of halogens is 2. The van der Waals surface area contributed by atoms with Gasteiger partial charge in [0.25, 0.3) is 0 Å². The fraction of sp³-hybridized carbons (Fsp3) is 0.308. The molecule has 0 spiro atoms. The number of hydrogen-bond donors (Lipinski definition) is 0. The maximum Gasteiger partial charge on any atom is 0.246 e. The van der Waals surface area contributed by atoms with E-state index in [1.807, 2.05) is 35.9 Å². The van der Waals surface area contributed by atoms with Gasteiger partial charge in [-0.1, -0.05) is 18.2 Å². The number of amides is 1. The standard InChI is InChI=1S/C26H27F2N3O2/c1-19-17-31(18-29-19)23-10-4-20(16-24(23)33-2)5-11-25(32)30-14-3-12-26(28,13-15-30)21-6-8-22(27)9-7-21/h4-11,16-18H,3,12-15H2,1-2H3/b11-5+. The molecule has 1 aromatic heterocycles. The third kappa shape index (κ3) is 5.13. The molecule has 7 heteroatoms. The van der Waals surface area contributed by atoms with Gasteiger partial charge in [0.2, 0.25) is 5.91 Å². The highest BCUT2D eigenvalue weighted by atomic mass is 19.1. The number of nitrogens with zero attached hydrogens (tertiary/aromatic N) is 3. The highest BCUT2D eigenvalue weighted by Crippen LogP contribution is 2.37. The van der Waals surface area contributed by atoms with E-state index in [0.717, 1.165) is 16.9 Å². The Morgan fingerprint density at radius 1 is 1.15 bits per heavy atom. The summed E-state index contributed by atoms with van der Waals surface area (Å²) in [6.07, 6.45) is 7.92. The van der Waals surface area contributed by atoms with Crippen molar-refractivity contribution in [2.75, 3.05) is 20.2 Å². The van der Waals surface area contributed by atoms with Crippen LogP contribution in [-0.2, 0) is 10.5 Å². The quantitative estimate of drug-likeness (QED) is 0.500. The van der Waals surface area contributed by atoms with E-state index in [4.69, 9.17) is 4.74 Å². The lowest BCUT2D eigenvalue weighted by molar-refractivity contribution is -0.126. The van der Waals surface area contributed by atoms with Gasteiger partial charge in [0.15, 0.2) is 0 Å². The van der Waals surface area contributed by atoms with Crippen LogP contribution in [0.15, 0.2) is 61.1 Å². The van der Waals surface area contributed by atoms with Crippen LogP contribution in [0.4, 0.5) is 8.78 Å². The number of benzene rings is 2. The topological polar surface area (TPSA) is 47.4 Å². The number of methoxy groups -OCH3 is 1. The molecule has 2 aromatic carbocycles. The molecule has 1 amide bonds. The van der Waals surface area contributed by atoms with Crippen LogP contribution >= 0.6 is 0 Å². The second-order valence-corrected chi connectivity index (χ2v) is 8.34. The third-order valence-electron chi connectivity index (χ3n) is 6.06. The second kappa shape index (κ2) is 9.57. The molecule has 0 bridgehead atoms. The summed E-state index contributed by atoms with van der Waals surface area (Å²) in [7, 11) is 1.60. The molecule has 1 atom stereocenters. The number of aromatic nitrogens is 2. The largest absolute Gasteiger partial charge is 0.495 e. The zero-order valence-electron chi connectivity index (χ0n) is 18.8. The molecule has 2 heterocycles. The van der Waals surface area contributed by atoms with Crippen LogP contribution in [0.25, 0.3) is 11.8 Å². The lowest BCUT2D eigenvalue weighted by atomic mass is 9.89. The number of imidazole rings is 1. The Hall–Kier alpha value is -3.48. The Balaban J connectivity index is 1.43. The second-order valence-electron chi connectivity index (χ2n) is 8.34. The van der Waals surface area contributed by atoms with Crippen molar-refractivity contribution >= 4 is 12.0 Å². The Labute approximate surface area is 192 Å². The van der Waals surface area contributed by atoms with Crippen LogP contribution < -0.4 is 4.74 Å². The molecule has 0 aliphatic carbocycles. The van der Waals surface area contributed by atoms with Gasteiger partial charge < -0.3 is 14.2 Å². The van der Waals surface area contributed by atoms with E-state index in [1.54, 1.807) is 24.4 Å². The van der Waals surface area contributed by atoms with E-state index in [2.05, 4.69) is 4.98 Å². The van der Waals surface area contributed by atoms with Gasteiger partial charge in [-0.25, -0.2) is 13.8 Å². The molecule has 1 aliphatic heterocycles. The van der Waals surface area contributed by atoms with Gasteiger partial charge in [-0.3, -0.25) is 4.79 Å². The predicted octanol–water partition coefficient (Wildman–Crippen LogP) is 5.22. The molecular formula is C26H27F2N3O2. The first kappa shape index (κ1) is 22.7. The summed E-state index contributed by atoms with van der Waals surface area (Å²) in [5.74, 6) is 0.118. The van der Waals surface area contributed by atoms with Crippen molar-refractivity contribution in [1.29, 1.82) is 0 Å². The number of rotatable bonds is 5. The van der Waals surface area contributed by atoms with Crippen molar-refractivity contribution in [1.82, 2.24) is 14.5 Å². The lowest BCUT2D eigenvalue weighted by Crippen LogP contribution is -2.31. The number of carbonyl (C=O) groups is 1. The van der Waals surface area contributed by atoms with Gasteiger partial charge >= 0.3 is 0 Å². The van der Waals surface area contributed by atoms with Gasteiger partial charge in [0.05, 0.1) is 24.8 Å². The summed E-state index contributed by atoms with van der Waals surface area (Å²) in [4.78, 5) is 18.7. The van der Waals surface area contributed by atoms with E-state index in [1.165, 1.54) is 30.3 Å². The Kier molecular flexibility index (Phi) is 6.58. The first-order chi connectivity index (χ1) is 15.9. The zero-order chi connectivity index (χ0) is 23.4. The fourth-order valence-electron chi connectivity index (χ4n) is 4.19. The van der Waals surface area contributed by atoms with E-state index in [-0.39, 0.29) is 18.1 Å². The summed E-state index contributed by atoms with van der Waals surface area (Å²) in [6.45, 7) is 2.71. The van der Waals surface area contributed by atoms with Crippen LogP contribution in [0, 0.1) is 12.7 Å². The molecule has 0 saturated carbocycles. The molecule has 172 valence electrons. The first-order valence-corrected chi connectivity index (χ1v) is 11.0. The number of aryl methyl sites for hydroxylation is 1. The Morgan fingerprint density at radius 2 is 1.94 bits per heavy atom.